The minimum atomic E-state index is -0.598. The van der Waals surface area contributed by atoms with Gasteiger partial charge in [0.15, 0.2) is 0 Å². The van der Waals surface area contributed by atoms with E-state index in [9.17, 15) is 9.59 Å². The summed E-state index contributed by atoms with van der Waals surface area (Å²) in [6.45, 7) is 6.44. The van der Waals surface area contributed by atoms with Gasteiger partial charge in [-0.1, -0.05) is 97.4 Å². The van der Waals surface area contributed by atoms with E-state index < -0.39 is 6.04 Å². The van der Waals surface area contributed by atoms with Gasteiger partial charge in [-0.3, -0.25) is 9.59 Å². The predicted molar refractivity (Wildman–Crippen MR) is 134 cm³/mol. The van der Waals surface area contributed by atoms with Gasteiger partial charge < -0.3 is 10.2 Å². The first-order valence-electron chi connectivity index (χ1n) is 11.7. The van der Waals surface area contributed by atoms with Gasteiger partial charge in [0, 0.05) is 19.0 Å². The van der Waals surface area contributed by atoms with Gasteiger partial charge in [0.05, 0.1) is 6.42 Å². The molecule has 4 heteroatoms. The molecule has 0 aliphatic carbocycles. The summed E-state index contributed by atoms with van der Waals surface area (Å²) in [4.78, 5) is 28.9. The van der Waals surface area contributed by atoms with Gasteiger partial charge in [0.2, 0.25) is 11.8 Å². The highest BCUT2D eigenvalue weighted by Gasteiger charge is 2.30. The number of benzene rings is 3. The van der Waals surface area contributed by atoms with Crippen LogP contribution in [0.2, 0.25) is 0 Å². The van der Waals surface area contributed by atoms with Gasteiger partial charge in [-0.05, 0) is 37.0 Å². The number of rotatable bonds is 10. The molecule has 2 atom stereocenters. The number of nitrogens with one attached hydrogen (secondary N) is 1. The molecule has 4 nitrogen and oxygen atoms in total. The van der Waals surface area contributed by atoms with Gasteiger partial charge in [-0.25, -0.2) is 0 Å². The highest BCUT2D eigenvalue weighted by Crippen LogP contribution is 2.17. The second kappa shape index (κ2) is 12.0. The van der Waals surface area contributed by atoms with Crippen LogP contribution in [0.5, 0.6) is 0 Å². The zero-order valence-corrected chi connectivity index (χ0v) is 19.8. The minimum Gasteiger partial charge on any atom is -0.352 e. The standard InChI is InChI=1S/C29H34N2O2/c1-4-23(3)30-29(33)27(19-24-13-7-5-8-14-24)31(21-25-15-9-6-10-16-25)28(32)20-26-17-11-12-22(2)18-26/h5-18,23,27H,4,19-21H2,1-3H3,(H,30,33). The van der Waals surface area contributed by atoms with Crippen molar-refractivity contribution >= 4 is 11.8 Å². The van der Waals surface area contributed by atoms with E-state index in [1.807, 2.05) is 106 Å². The lowest BCUT2D eigenvalue weighted by Crippen LogP contribution is -2.52. The molecule has 33 heavy (non-hydrogen) atoms. The first-order valence-corrected chi connectivity index (χ1v) is 11.7. The third-order valence-corrected chi connectivity index (χ3v) is 5.91. The summed E-state index contributed by atoms with van der Waals surface area (Å²) >= 11 is 0. The molecular formula is C29H34N2O2. The van der Waals surface area contributed by atoms with Crippen LogP contribution in [0.15, 0.2) is 84.9 Å². The first kappa shape index (κ1) is 24.2. The van der Waals surface area contributed by atoms with Crippen molar-refractivity contribution in [2.45, 2.75) is 58.7 Å². The maximum Gasteiger partial charge on any atom is 0.243 e. The van der Waals surface area contributed by atoms with Crippen molar-refractivity contribution in [1.82, 2.24) is 10.2 Å². The fourth-order valence-electron chi connectivity index (χ4n) is 3.87. The number of hydrogen-bond donors (Lipinski definition) is 1. The summed E-state index contributed by atoms with van der Waals surface area (Å²) in [6, 6.07) is 27.2. The molecule has 3 aromatic rings. The first-order chi connectivity index (χ1) is 16.0. The third kappa shape index (κ3) is 7.31. The third-order valence-electron chi connectivity index (χ3n) is 5.91. The number of hydrogen-bond acceptors (Lipinski definition) is 2. The second-order valence-corrected chi connectivity index (χ2v) is 8.70. The predicted octanol–water partition coefficient (Wildman–Crippen LogP) is 5.09. The lowest BCUT2D eigenvalue weighted by molar-refractivity contribution is -0.141. The topological polar surface area (TPSA) is 49.4 Å². The lowest BCUT2D eigenvalue weighted by Gasteiger charge is -2.32. The monoisotopic (exact) mass is 442 g/mol. The summed E-state index contributed by atoms with van der Waals surface area (Å²) in [7, 11) is 0. The van der Waals surface area contributed by atoms with Crippen molar-refractivity contribution in [3.8, 4) is 0 Å². The van der Waals surface area contributed by atoms with E-state index in [1.165, 1.54) is 0 Å². The Hall–Kier alpha value is -3.40. The Balaban J connectivity index is 1.95. The Bertz CT molecular complexity index is 1030. The number of amides is 2. The Labute approximate surface area is 197 Å². The summed E-state index contributed by atoms with van der Waals surface area (Å²) in [5.74, 6) is -0.161. The van der Waals surface area contributed by atoms with E-state index in [2.05, 4.69) is 5.32 Å². The molecule has 0 bridgehead atoms. The van der Waals surface area contributed by atoms with Crippen molar-refractivity contribution in [2.24, 2.45) is 0 Å². The van der Waals surface area contributed by atoms with Crippen molar-refractivity contribution in [3.05, 3.63) is 107 Å². The minimum absolute atomic E-state index is 0.0428. The molecule has 3 aromatic carbocycles. The Morgan fingerprint density at radius 3 is 2.06 bits per heavy atom. The van der Waals surface area contributed by atoms with Crippen LogP contribution in [0.4, 0.5) is 0 Å². The molecule has 0 aliphatic heterocycles. The van der Waals surface area contributed by atoms with Crippen LogP contribution in [0.25, 0.3) is 0 Å². The SMILES string of the molecule is CCC(C)NC(=O)C(Cc1ccccc1)N(Cc1ccccc1)C(=O)Cc1cccc(C)c1. The summed E-state index contributed by atoms with van der Waals surface area (Å²) in [6.07, 6.45) is 1.56. The van der Waals surface area contributed by atoms with Crippen LogP contribution in [-0.2, 0) is 29.0 Å². The quantitative estimate of drug-likeness (QED) is 0.475. The normalized spacial score (nSPS) is 12.6. The van der Waals surface area contributed by atoms with Crippen LogP contribution < -0.4 is 5.32 Å². The van der Waals surface area contributed by atoms with Crippen LogP contribution in [0, 0.1) is 6.92 Å². The fraction of sp³-hybridized carbons (Fsp3) is 0.310. The van der Waals surface area contributed by atoms with E-state index >= 15 is 0 Å². The van der Waals surface area contributed by atoms with Gasteiger partial charge in [-0.2, -0.15) is 0 Å². The van der Waals surface area contributed by atoms with E-state index in [-0.39, 0.29) is 24.3 Å². The van der Waals surface area contributed by atoms with Crippen molar-refractivity contribution < 1.29 is 9.59 Å². The van der Waals surface area contributed by atoms with Crippen LogP contribution in [0.3, 0.4) is 0 Å². The molecule has 1 N–H and O–H groups in total. The molecule has 0 spiro atoms. The number of aryl methyl sites for hydroxylation is 1. The molecule has 0 saturated heterocycles. The van der Waals surface area contributed by atoms with E-state index in [1.54, 1.807) is 4.90 Å². The molecular weight excluding hydrogens is 408 g/mol. The molecule has 0 radical (unpaired) electrons. The smallest absolute Gasteiger partial charge is 0.243 e. The van der Waals surface area contributed by atoms with Crippen molar-refractivity contribution in [2.75, 3.05) is 0 Å². The molecule has 172 valence electrons. The summed E-state index contributed by atoms with van der Waals surface area (Å²) in [5.41, 5.74) is 4.11. The molecule has 0 aliphatic rings. The van der Waals surface area contributed by atoms with Gasteiger partial charge >= 0.3 is 0 Å². The zero-order valence-electron chi connectivity index (χ0n) is 19.8. The van der Waals surface area contributed by atoms with Gasteiger partial charge in [0.1, 0.15) is 6.04 Å². The van der Waals surface area contributed by atoms with Crippen molar-refractivity contribution in [1.29, 1.82) is 0 Å². The second-order valence-electron chi connectivity index (χ2n) is 8.70. The molecule has 0 fully saturated rings. The Morgan fingerprint density at radius 1 is 0.848 bits per heavy atom. The van der Waals surface area contributed by atoms with Crippen LogP contribution in [0.1, 0.15) is 42.5 Å². The Morgan fingerprint density at radius 2 is 1.45 bits per heavy atom. The maximum atomic E-state index is 13.7. The molecule has 0 aromatic heterocycles. The van der Waals surface area contributed by atoms with Gasteiger partial charge in [-0.15, -0.1) is 0 Å². The summed E-state index contributed by atoms with van der Waals surface area (Å²) in [5, 5.41) is 3.11. The fourth-order valence-corrected chi connectivity index (χ4v) is 3.87. The molecule has 3 rings (SSSR count). The van der Waals surface area contributed by atoms with E-state index in [4.69, 9.17) is 0 Å². The zero-order chi connectivity index (χ0) is 23.6. The number of nitrogens with zero attached hydrogens (tertiary/aromatic N) is 1. The number of carbonyl (C=O) groups is 2. The molecule has 2 amide bonds. The lowest BCUT2D eigenvalue weighted by atomic mass is 10.0. The highest BCUT2D eigenvalue weighted by atomic mass is 16.2. The maximum absolute atomic E-state index is 13.7. The van der Waals surface area contributed by atoms with Crippen LogP contribution in [-0.4, -0.2) is 28.8 Å². The van der Waals surface area contributed by atoms with E-state index in [0.717, 1.165) is 28.7 Å². The Kier molecular flexibility index (Phi) is 8.82. The highest BCUT2D eigenvalue weighted by molar-refractivity contribution is 5.89. The van der Waals surface area contributed by atoms with Crippen molar-refractivity contribution in [3.63, 3.8) is 0 Å². The molecule has 0 saturated carbocycles. The average Bonchev–Trinajstić information content (AvgIpc) is 2.82. The van der Waals surface area contributed by atoms with Gasteiger partial charge in [0.25, 0.3) is 0 Å². The largest absolute Gasteiger partial charge is 0.352 e. The molecule has 2 unspecified atom stereocenters. The van der Waals surface area contributed by atoms with Crippen LogP contribution >= 0.6 is 0 Å². The molecule has 0 heterocycles. The average molecular weight is 443 g/mol. The summed E-state index contributed by atoms with van der Waals surface area (Å²) < 4.78 is 0. The van der Waals surface area contributed by atoms with E-state index in [0.29, 0.717) is 13.0 Å². The number of carbonyl (C=O) groups excluding carboxylic acids is 2.